The molecule has 1 fully saturated rings. The van der Waals surface area contributed by atoms with Crippen LogP contribution in [0.15, 0.2) is 58.0 Å². The van der Waals surface area contributed by atoms with Gasteiger partial charge in [-0.3, -0.25) is 4.79 Å². The molecule has 1 aliphatic heterocycles. The number of aryl methyl sites for hydroxylation is 2. The maximum Gasteiger partial charge on any atom is 0.271 e. The number of aromatic nitrogens is 1. The number of amides is 1. The largest absolute Gasteiger partial charge is 0.440 e. The van der Waals surface area contributed by atoms with Gasteiger partial charge in [-0.1, -0.05) is 6.07 Å². The second-order valence-electron chi connectivity index (χ2n) is 7.07. The van der Waals surface area contributed by atoms with Gasteiger partial charge in [-0.15, -0.1) is 0 Å². The van der Waals surface area contributed by atoms with Gasteiger partial charge in [0.2, 0.25) is 0 Å². The molecule has 1 aliphatic rings. The lowest BCUT2D eigenvalue weighted by molar-refractivity contribution is 0.0955. The summed E-state index contributed by atoms with van der Waals surface area (Å²) in [6.07, 6.45) is 3.92. The van der Waals surface area contributed by atoms with Crippen LogP contribution in [0.1, 0.15) is 40.3 Å². The van der Waals surface area contributed by atoms with Gasteiger partial charge >= 0.3 is 0 Å². The molecule has 144 valence electrons. The van der Waals surface area contributed by atoms with Crippen LogP contribution in [-0.4, -0.2) is 29.8 Å². The van der Waals surface area contributed by atoms with E-state index in [2.05, 4.69) is 32.1 Å². The number of hydrogen-bond acceptors (Lipinski definition) is 4. The number of nitrogens with zero attached hydrogens (tertiary/aromatic N) is 3. The summed E-state index contributed by atoms with van der Waals surface area (Å²) < 4.78 is 7.89. The van der Waals surface area contributed by atoms with E-state index in [1.807, 2.05) is 44.2 Å². The molecule has 0 bridgehead atoms. The van der Waals surface area contributed by atoms with Crippen LogP contribution >= 0.6 is 0 Å². The van der Waals surface area contributed by atoms with Crippen molar-refractivity contribution in [3.8, 4) is 5.69 Å². The fourth-order valence-corrected chi connectivity index (χ4v) is 3.60. The molecule has 0 saturated carbocycles. The van der Waals surface area contributed by atoms with E-state index in [1.54, 1.807) is 6.07 Å². The van der Waals surface area contributed by atoms with E-state index in [0.717, 1.165) is 36.0 Å². The first-order chi connectivity index (χ1) is 13.6. The molecule has 6 heteroatoms. The van der Waals surface area contributed by atoms with E-state index >= 15 is 0 Å². The lowest BCUT2D eigenvalue weighted by Crippen LogP contribution is -2.18. The molecule has 3 aromatic rings. The van der Waals surface area contributed by atoms with Crippen LogP contribution in [0.25, 0.3) is 5.69 Å². The number of hydrazone groups is 1. The van der Waals surface area contributed by atoms with Gasteiger partial charge in [0, 0.05) is 41.8 Å². The molecule has 0 aliphatic carbocycles. The first-order valence-corrected chi connectivity index (χ1v) is 9.55. The summed E-state index contributed by atoms with van der Waals surface area (Å²) in [6.45, 7) is 6.14. The van der Waals surface area contributed by atoms with Crippen molar-refractivity contribution in [2.24, 2.45) is 5.10 Å². The van der Waals surface area contributed by atoms with Crippen LogP contribution in [0.5, 0.6) is 0 Å². The molecule has 0 spiro atoms. The zero-order valence-electron chi connectivity index (χ0n) is 16.2. The summed E-state index contributed by atoms with van der Waals surface area (Å²) in [6, 6.07) is 15.4. The molecule has 0 atom stereocenters. The number of anilines is 1. The molecule has 28 heavy (non-hydrogen) atoms. The Morgan fingerprint density at radius 2 is 1.82 bits per heavy atom. The Morgan fingerprint density at radius 3 is 2.57 bits per heavy atom. The van der Waals surface area contributed by atoms with E-state index in [-0.39, 0.29) is 5.91 Å². The zero-order chi connectivity index (χ0) is 19.5. The normalized spacial score (nSPS) is 14.1. The summed E-state index contributed by atoms with van der Waals surface area (Å²) in [4.78, 5) is 14.7. The molecule has 1 saturated heterocycles. The molecular weight excluding hydrogens is 352 g/mol. The number of carbonyl (C=O) groups excluding carboxylic acids is 1. The van der Waals surface area contributed by atoms with Gasteiger partial charge in [0.05, 0.1) is 6.21 Å². The Morgan fingerprint density at radius 1 is 1.07 bits per heavy atom. The monoisotopic (exact) mass is 376 g/mol. The lowest BCUT2D eigenvalue weighted by atomic mass is 10.2. The smallest absolute Gasteiger partial charge is 0.271 e. The number of furan rings is 1. The van der Waals surface area contributed by atoms with Crippen LogP contribution in [0, 0.1) is 13.8 Å². The summed E-state index contributed by atoms with van der Waals surface area (Å²) in [5.74, 6) is 1.22. The predicted octanol–water partition coefficient (Wildman–Crippen LogP) is 4.05. The van der Waals surface area contributed by atoms with Crippen LogP contribution in [0.2, 0.25) is 0 Å². The SMILES string of the molecule is Cc1ccc(C)n1-c1cccc(C(=O)N/N=C\c2ccc(N3CCCC3)o2)c1. The minimum Gasteiger partial charge on any atom is -0.440 e. The number of rotatable bonds is 5. The first-order valence-electron chi connectivity index (χ1n) is 9.55. The number of nitrogens with one attached hydrogen (secondary N) is 1. The second kappa shape index (κ2) is 7.76. The Bertz CT molecular complexity index is 990. The van der Waals surface area contributed by atoms with Crippen LogP contribution in [-0.2, 0) is 0 Å². The minimum atomic E-state index is -0.258. The Kier molecular flexibility index (Phi) is 5.02. The highest BCUT2D eigenvalue weighted by atomic mass is 16.4. The highest BCUT2D eigenvalue weighted by Gasteiger charge is 2.15. The third-order valence-corrected chi connectivity index (χ3v) is 5.03. The quantitative estimate of drug-likeness (QED) is 0.540. The number of carbonyl (C=O) groups is 1. The Balaban J connectivity index is 1.43. The van der Waals surface area contributed by atoms with Gasteiger partial charge in [-0.05, 0) is 63.1 Å². The van der Waals surface area contributed by atoms with Crippen LogP contribution in [0.4, 0.5) is 5.88 Å². The Labute approximate surface area is 164 Å². The van der Waals surface area contributed by atoms with Crippen molar-refractivity contribution < 1.29 is 9.21 Å². The van der Waals surface area contributed by atoms with Crippen molar-refractivity contribution in [1.82, 2.24) is 9.99 Å². The maximum absolute atomic E-state index is 12.5. The van der Waals surface area contributed by atoms with Gasteiger partial charge in [0.25, 0.3) is 5.91 Å². The topological polar surface area (TPSA) is 62.8 Å². The summed E-state index contributed by atoms with van der Waals surface area (Å²) in [5, 5.41) is 4.04. The van der Waals surface area contributed by atoms with E-state index in [1.165, 1.54) is 19.1 Å². The van der Waals surface area contributed by atoms with Crippen LogP contribution < -0.4 is 10.3 Å². The standard InChI is InChI=1S/C22H24N4O2/c1-16-8-9-17(2)26(16)19-7-5-6-18(14-19)22(27)24-23-15-20-10-11-21(28-20)25-12-3-4-13-25/h5-11,14-15H,3-4,12-13H2,1-2H3,(H,24,27)/b23-15-. The fraction of sp³-hybridized carbons (Fsp3) is 0.273. The van der Waals surface area contributed by atoms with E-state index < -0.39 is 0 Å². The van der Waals surface area contributed by atoms with Crippen molar-refractivity contribution in [3.05, 3.63) is 71.2 Å². The Hall–Kier alpha value is -3.28. The number of benzene rings is 1. The second-order valence-corrected chi connectivity index (χ2v) is 7.07. The summed E-state index contributed by atoms with van der Waals surface area (Å²) in [7, 11) is 0. The molecular formula is C22H24N4O2. The third kappa shape index (κ3) is 3.71. The van der Waals surface area contributed by atoms with Gasteiger partial charge in [0.15, 0.2) is 5.88 Å². The molecule has 0 radical (unpaired) electrons. The molecule has 1 N–H and O–H groups in total. The molecule has 4 rings (SSSR count). The van der Waals surface area contributed by atoms with E-state index in [9.17, 15) is 4.79 Å². The van der Waals surface area contributed by atoms with Crippen molar-refractivity contribution in [2.75, 3.05) is 18.0 Å². The number of hydrogen-bond donors (Lipinski definition) is 1. The molecule has 1 aromatic carbocycles. The highest BCUT2D eigenvalue weighted by Crippen LogP contribution is 2.22. The molecule has 6 nitrogen and oxygen atoms in total. The molecule has 2 aromatic heterocycles. The van der Waals surface area contributed by atoms with Crippen molar-refractivity contribution in [2.45, 2.75) is 26.7 Å². The zero-order valence-corrected chi connectivity index (χ0v) is 16.2. The average Bonchev–Trinajstić information content (AvgIpc) is 3.43. The fourth-order valence-electron chi connectivity index (χ4n) is 3.60. The van der Waals surface area contributed by atoms with Crippen LogP contribution in [0.3, 0.4) is 0 Å². The van der Waals surface area contributed by atoms with E-state index in [0.29, 0.717) is 11.3 Å². The highest BCUT2D eigenvalue weighted by molar-refractivity contribution is 5.95. The minimum absolute atomic E-state index is 0.258. The van der Waals surface area contributed by atoms with Crippen molar-refractivity contribution >= 4 is 18.0 Å². The molecule has 1 amide bonds. The molecule has 3 heterocycles. The lowest BCUT2D eigenvalue weighted by Gasteiger charge is -2.12. The predicted molar refractivity (Wildman–Crippen MR) is 110 cm³/mol. The van der Waals surface area contributed by atoms with Crippen molar-refractivity contribution in [1.29, 1.82) is 0 Å². The first kappa shape index (κ1) is 18.1. The summed E-state index contributed by atoms with van der Waals surface area (Å²) in [5.41, 5.74) is 6.34. The van der Waals surface area contributed by atoms with Gasteiger partial charge in [-0.2, -0.15) is 5.10 Å². The maximum atomic E-state index is 12.5. The van der Waals surface area contributed by atoms with Crippen molar-refractivity contribution in [3.63, 3.8) is 0 Å². The van der Waals surface area contributed by atoms with Gasteiger partial charge in [0.1, 0.15) is 5.76 Å². The van der Waals surface area contributed by atoms with Gasteiger partial charge < -0.3 is 13.9 Å². The molecule has 0 unspecified atom stereocenters. The average molecular weight is 376 g/mol. The van der Waals surface area contributed by atoms with Gasteiger partial charge in [-0.25, -0.2) is 5.43 Å². The third-order valence-electron chi connectivity index (χ3n) is 5.03. The van der Waals surface area contributed by atoms with E-state index in [4.69, 9.17) is 4.42 Å². The summed E-state index contributed by atoms with van der Waals surface area (Å²) >= 11 is 0.